The summed E-state index contributed by atoms with van der Waals surface area (Å²) in [5.74, 6) is 0.547. The third-order valence-corrected chi connectivity index (χ3v) is 9.57. The second-order valence-corrected chi connectivity index (χ2v) is 14.2. The van der Waals surface area contributed by atoms with Gasteiger partial charge in [0.05, 0.1) is 11.3 Å². The molecule has 5 nitrogen and oxygen atoms in total. The number of aryl methyl sites for hydroxylation is 1. The zero-order valence-electron chi connectivity index (χ0n) is 30.2. The van der Waals surface area contributed by atoms with Crippen LogP contribution in [0.4, 0.5) is 0 Å². The number of hydrogen-bond donors (Lipinski definition) is 1. The number of aliphatic hydroxyl groups is 1. The molecule has 2 aromatic heterocycles. The summed E-state index contributed by atoms with van der Waals surface area (Å²) in [5.41, 5.74) is 5.68. The Kier molecular flexibility index (Phi) is 12.6. The van der Waals surface area contributed by atoms with Crippen molar-refractivity contribution in [3.8, 4) is 11.3 Å². The summed E-state index contributed by atoms with van der Waals surface area (Å²) in [6.45, 7) is 15.0. The second-order valence-electron chi connectivity index (χ2n) is 14.2. The van der Waals surface area contributed by atoms with Gasteiger partial charge < -0.3 is 9.67 Å². The first-order valence-electron chi connectivity index (χ1n) is 17.5. The van der Waals surface area contributed by atoms with Crippen LogP contribution in [0.2, 0.25) is 0 Å². The number of nitrogens with zero attached hydrogens (tertiary/aromatic N) is 3. The van der Waals surface area contributed by atoms with E-state index in [0.717, 1.165) is 54.4 Å². The predicted octanol–water partition coefficient (Wildman–Crippen LogP) is 11.4. The molecule has 0 amide bonds. The molecule has 0 atom stereocenters. The van der Waals surface area contributed by atoms with Crippen LogP contribution >= 0.6 is 0 Å². The van der Waals surface area contributed by atoms with E-state index in [9.17, 15) is 9.90 Å². The molecule has 49 heavy (non-hydrogen) atoms. The van der Waals surface area contributed by atoms with Crippen LogP contribution in [0, 0.1) is 23.3 Å². The van der Waals surface area contributed by atoms with Crippen molar-refractivity contribution in [1.82, 2.24) is 14.5 Å². The molecule has 0 fully saturated rings. The Labute approximate surface area is 305 Å². The maximum Gasteiger partial charge on any atom is 0.162 e. The molecule has 0 aliphatic carbocycles. The van der Waals surface area contributed by atoms with Gasteiger partial charge in [-0.15, -0.1) is 29.1 Å². The van der Waals surface area contributed by atoms with Crippen LogP contribution in [0.3, 0.4) is 0 Å². The van der Waals surface area contributed by atoms with Gasteiger partial charge in [-0.2, -0.15) is 0 Å². The first-order valence-corrected chi connectivity index (χ1v) is 17.5. The minimum atomic E-state index is 0. The number of allylic oxidation sites excluding steroid dienone is 2. The van der Waals surface area contributed by atoms with E-state index in [0.29, 0.717) is 0 Å². The van der Waals surface area contributed by atoms with Crippen molar-refractivity contribution in [2.75, 3.05) is 0 Å². The summed E-state index contributed by atoms with van der Waals surface area (Å²) in [7, 11) is 2.13. The number of benzene rings is 4. The zero-order chi connectivity index (χ0) is 34.6. The van der Waals surface area contributed by atoms with Gasteiger partial charge in [0, 0.05) is 61.5 Å². The van der Waals surface area contributed by atoms with E-state index >= 15 is 0 Å². The average molecular weight is 833 g/mol. The third-order valence-electron chi connectivity index (χ3n) is 9.57. The van der Waals surface area contributed by atoms with E-state index < -0.39 is 0 Å². The van der Waals surface area contributed by atoms with Crippen molar-refractivity contribution in [3.63, 3.8) is 0 Å². The second kappa shape index (κ2) is 16.2. The Morgan fingerprint density at radius 3 is 2.10 bits per heavy atom. The Morgan fingerprint density at radius 1 is 0.857 bits per heavy atom. The molecule has 6 heteroatoms. The Balaban J connectivity index is 0.000000290. The molecule has 1 radical (unpaired) electrons. The molecule has 0 saturated carbocycles. The number of aromatic nitrogens is 3. The van der Waals surface area contributed by atoms with Gasteiger partial charge in [0.1, 0.15) is 12.0 Å². The van der Waals surface area contributed by atoms with Crippen molar-refractivity contribution in [3.05, 3.63) is 96.5 Å². The summed E-state index contributed by atoms with van der Waals surface area (Å²) in [5, 5.41) is 17.0. The molecule has 4 aromatic carbocycles. The quantitative estimate of drug-likeness (QED) is 0.0895. The minimum Gasteiger partial charge on any atom is -0.512 e. The third kappa shape index (κ3) is 8.14. The van der Waals surface area contributed by atoms with E-state index in [2.05, 4.69) is 105 Å². The first kappa shape index (κ1) is 37.9. The molecule has 0 spiro atoms. The molecule has 0 bridgehead atoms. The molecule has 259 valence electrons. The molecule has 0 aliphatic heterocycles. The van der Waals surface area contributed by atoms with E-state index in [1.807, 2.05) is 27.7 Å². The van der Waals surface area contributed by atoms with Crippen LogP contribution in [0.15, 0.2) is 84.9 Å². The molecular weight excluding hydrogens is 783 g/mol. The number of aliphatic hydroxyl groups excluding tert-OH is 1. The van der Waals surface area contributed by atoms with Gasteiger partial charge in [0.25, 0.3) is 0 Å². The molecule has 0 unspecified atom stereocenters. The number of carbonyl (C=O) groups is 1. The van der Waals surface area contributed by atoms with Gasteiger partial charge in [-0.25, -0.2) is 4.98 Å². The van der Waals surface area contributed by atoms with Gasteiger partial charge in [0.2, 0.25) is 0 Å². The molecule has 6 rings (SSSR count). The number of hydrogen-bond acceptors (Lipinski definition) is 4. The number of rotatable bonds is 9. The summed E-state index contributed by atoms with van der Waals surface area (Å²) < 4.78 is 2.25. The SMILES string of the molecule is CCC(CC)C(=O)/C=C(\O)C(CC)CC.Cn1c2ncnc(-c3[c-]cc4ccccc4c3)c2c2c3ccccc3cc(CC(C)(C)C)c21.[Ir]. The van der Waals surface area contributed by atoms with E-state index in [1.165, 1.54) is 44.1 Å². The molecule has 1 N–H and O–H groups in total. The molecule has 0 saturated heterocycles. The first-order chi connectivity index (χ1) is 23.0. The number of ketones is 1. The summed E-state index contributed by atoms with van der Waals surface area (Å²) in [6.07, 6.45) is 7.58. The van der Waals surface area contributed by atoms with Gasteiger partial charge in [0.15, 0.2) is 5.78 Å². The number of fused-ring (bicyclic) bond motifs is 6. The maximum absolute atomic E-state index is 11.7. The van der Waals surface area contributed by atoms with Gasteiger partial charge in [-0.3, -0.25) is 9.78 Å². The van der Waals surface area contributed by atoms with Crippen LogP contribution < -0.4 is 0 Å². The van der Waals surface area contributed by atoms with Crippen LogP contribution in [-0.4, -0.2) is 25.4 Å². The molecule has 6 aromatic rings. The zero-order valence-corrected chi connectivity index (χ0v) is 32.6. The Hall–Kier alpha value is -3.86. The topological polar surface area (TPSA) is 68.0 Å². The summed E-state index contributed by atoms with van der Waals surface area (Å²) >= 11 is 0. The van der Waals surface area contributed by atoms with Crippen molar-refractivity contribution < 1.29 is 30.0 Å². The van der Waals surface area contributed by atoms with Crippen LogP contribution in [0.5, 0.6) is 0 Å². The van der Waals surface area contributed by atoms with Crippen molar-refractivity contribution in [1.29, 1.82) is 0 Å². The van der Waals surface area contributed by atoms with E-state index in [4.69, 9.17) is 9.97 Å². The minimum absolute atomic E-state index is 0. The van der Waals surface area contributed by atoms with Crippen molar-refractivity contribution in [2.24, 2.45) is 24.3 Å². The monoisotopic (exact) mass is 833 g/mol. The summed E-state index contributed by atoms with van der Waals surface area (Å²) in [4.78, 5) is 21.3. The van der Waals surface area contributed by atoms with Crippen molar-refractivity contribution in [2.45, 2.75) is 80.6 Å². The fourth-order valence-corrected chi connectivity index (χ4v) is 6.95. The normalized spacial score (nSPS) is 12.2. The number of carbonyl (C=O) groups excluding carboxylic acids is 1. The fraction of sp³-hybridized carbons (Fsp3) is 0.372. The average Bonchev–Trinajstić information content (AvgIpc) is 3.38. The van der Waals surface area contributed by atoms with E-state index in [-0.39, 0.29) is 48.9 Å². The van der Waals surface area contributed by atoms with Gasteiger partial charge in [-0.05, 0) is 59.9 Å². The molecule has 0 aliphatic rings. The van der Waals surface area contributed by atoms with Gasteiger partial charge >= 0.3 is 0 Å². The largest absolute Gasteiger partial charge is 0.512 e. The molecular formula is C43H50IrN3O2-. The van der Waals surface area contributed by atoms with Crippen LogP contribution in [-0.2, 0) is 38.4 Å². The standard InChI is InChI=1S/C30H26N3.C13H24O2.Ir/c1-30(2,3)17-23-16-21-11-7-8-12-24(21)25-26-27(31-18-32-29(26)33(4)28(23)25)22-14-13-19-9-5-6-10-20(19)15-22;1-5-10(6-2)12(14)9-13(15)11(7-3)8-4;/h5-13,15-16,18H,17H2,1-4H3;9-11,14H,5-8H2,1-4H3;/q-1;;/b;12-9-;. The van der Waals surface area contributed by atoms with Gasteiger partial charge in [-0.1, -0.05) is 102 Å². The smallest absolute Gasteiger partial charge is 0.162 e. The van der Waals surface area contributed by atoms with Crippen LogP contribution in [0.1, 0.15) is 79.7 Å². The Morgan fingerprint density at radius 2 is 1.47 bits per heavy atom. The van der Waals surface area contributed by atoms with E-state index in [1.54, 1.807) is 6.33 Å². The van der Waals surface area contributed by atoms with Crippen LogP contribution in [0.25, 0.3) is 54.7 Å². The Bertz CT molecular complexity index is 2100. The maximum atomic E-state index is 11.7. The summed E-state index contributed by atoms with van der Waals surface area (Å²) in [6, 6.07) is 27.2. The van der Waals surface area contributed by atoms with Crippen molar-refractivity contribution >= 4 is 49.3 Å². The molecule has 2 heterocycles. The fourth-order valence-electron chi connectivity index (χ4n) is 6.95. The predicted molar refractivity (Wildman–Crippen MR) is 202 cm³/mol.